The topological polar surface area (TPSA) is 43.8 Å². The molecule has 1 amide bonds. The monoisotopic (exact) mass is 431 g/mol. The largest absolute Gasteiger partial charge is 0.365 e. The molecule has 1 saturated heterocycles. The summed E-state index contributed by atoms with van der Waals surface area (Å²) in [4.78, 5) is 17.8. The predicted molar refractivity (Wildman–Crippen MR) is 112 cm³/mol. The molecule has 31 heavy (non-hydrogen) atoms. The van der Waals surface area contributed by atoms with Gasteiger partial charge in [0.1, 0.15) is 17.5 Å². The molecule has 1 atom stereocenters. The summed E-state index contributed by atoms with van der Waals surface area (Å²) in [5.41, 5.74) is 1.34. The van der Waals surface area contributed by atoms with Crippen LogP contribution in [0.3, 0.4) is 0 Å². The molecule has 5 rings (SSSR count). The Balaban J connectivity index is 1.37. The third-order valence-electron chi connectivity index (χ3n) is 6.43. The zero-order valence-corrected chi connectivity index (χ0v) is 17.5. The molecular weight excluding hydrogens is 407 g/mol. The van der Waals surface area contributed by atoms with E-state index in [0.717, 1.165) is 0 Å². The zero-order valence-electron chi connectivity index (χ0n) is 17.5. The van der Waals surface area contributed by atoms with Crippen molar-refractivity contribution in [3.8, 4) is 0 Å². The second kappa shape index (κ2) is 7.33. The van der Waals surface area contributed by atoms with E-state index in [4.69, 9.17) is 0 Å². The number of hydrogen-bond donors (Lipinski definition) is 1. The van der Waals surface area contributed by atoms with Crippen LogP contribution in [0.4, 0.5) is 18.9 Å². The van der Waals surface area contributed by atoms with Crippen LogP contribution in [0.15, 0.2) is 36.1 Å². The third kappa shape index (κ3) is 3.18. The van der Waals surface area contributed by atoms with Crippen LogP contribution in [0.2, 0.25) is 0 Å². The maximum absolute atomic E-state index is 15.3. The van der Waals surface area contributed by atoms with Crippen LogP contribution in [0.1, 0.15) is 18.5 Å². The lowest BCUT2D eigenvalue weighted by Crippen LogP contribution is -2.46. The Morgan fingerprint density at radius 2 is 1.90 bits per heavy atom. The number of halogens is 3. The number of aromatic nitrogens is 1. The smallest absolute Gasteiger partial charge is 0.247 e. The van der Waals surface area contributed by atoms with Crippen molar-refractivity contribution in [2.45, 2.75) is 19.5 Å². The number of benzene rings is 1. The molecule has 0 aliphatic carbocycles. The molecule has 4 heterocycles. The van der Waals surface area contributed by atoms with Crippen molar-refractivity contribution in [1.82, 2.24) is 19.3 Å². The zero-order chi connectivity index (χ0) is 21.9. The van der Waals surface area contributed by atoms with Crippen LogP contribution in [0.5, 0.6) is 0 Å². The average Bonchev–Trinajstić information content (AvgIpc) is 3.09. The molecule has 3 aliphatic rings. The van der Waals surface area contributed by atoms with Crippen molar-refractivity contribution >= 4 is 22.5 Å². The molecule has 3 aliphatic heterocycles. The van der Waals surface area contributed by atoms with E-state index in [2.05, 4.69) is 10.2 Å². The first-order valence-electron chi connectivity index (χ1n) is 10.4. The van der Waals surface area contributed by atoms with Gasteiger partial charge in [-0.25, -0.2) is 8.78 Å². The molecule has 1 aromatic carbocycles. The average molecular weight is 431 g/mol. The molecule has 9 heteroatoms. The number of anilines is 1. The van der Waals surface area contributed by atoms with Gasteiger partial charge in [-0.3, -0.25) is 9.69 Å². The number of carbonyl (C=O) groups excluding carboxylic acids is 1. The summed E-state index contributed by atoms with van der Waals surface area (Å²) >= 11 is 0. The van der Waals surface area contributed by atoms with E-state index in [1.807, 2.05) is 11.0 Å². The molecule has 0 radical (unpaired) electrons. The summed E-state index contributed by atoms with van der Waals surface area (Å²) in [7, 11) is 1.71. The first-order chi connectivity index (χ1) is 14.8. The fourth-order valence-electron chi connectivity index (χ4n) is 4.59. The first-order valence-corrected chi connectivity index (χ1v) is 10.4. The van der Waals surface area contributed by atoms with Crippen molar-refractivity contribution in [3.63, 3.8) is 0 Å². The number of likely N-dealkylation sites (N-methyl/N-ethyl adjacent to an activating group) is 1. The lowest BCUT2D eigenvalue weighted by Gasteiger charge is -2.38. The molecule has 0 spiro atoms. The lowest BCUT2D eigenvalue weighted by molar-refractivity contribution is -0.118. The van der Waals surface area contributed by atoms with Crippen LogP contribution < -0.4 is 5.32 Å². The highest BCUT2D eigenvalue weighted by Crippen LogP contribution is 2.38. The number of carbonyl (C=O) groups is 1. The molecule has 1 unspecified atom stereocenters. The Labute approximate surface area is 178 Å². The molecule has 164 valence electrons. The van der Waals surface area contributed by atoms with Gasteiger partial charge in [0.25, 0.3) is 0 Å². The second-order valence-electron chi connectivity index (χ2n) is 8.39. The molecule has 2 aromatic rings. The number of amides is 1. The fraction of sp³-hybridized carbons (Fsp3) is 0.409. The van der Waals surface area contributed by atoms with Crippen molar-refractivity contribution in [3.05, 3.63) is 53.3 Å². The number of nitrogens with zero attached hydrogens (tertiary/aromatic N) is 4. The van der Waals surface area contributed by atoms with Gasteiger partial charge in [0.05, 0.1) is 11.2 Å². The van der Waals surface area contributed by atoms with Gasteiger partial charge in [-0.2, -0.15) is 4.39 Å². The summed E-state index contributed by atoms with van der Waals surface area (Å²) < 4.78 is 45.8. The molecule has 1 aromatic heterocycles. The number of hydrogen-bond acceptors (Lipinski definition) is 4. The van der Waals surface area contributed by atoms with E-state index in [0.29, 0.717) is 54.9 Å². The van der Waals surface area contributed by atoms with Crippen LogP contribution in [-0.2, 0) is 11.3 Å². The number of rotatable bonds is 3. The molecule has 0 saturated carbocycles. The predicted octanol–water partition coefficient (Wildman–Crippen LogP) is 3.19. The highest BCUT2D eigenvalue weighted by atomic mass is 19.1. The Kier molecular flexibility index (Phi) is 4.73. The Hall–Kier alpha value is -2.94. The quantitative estimate of drug-likeness (QED) is 0.759. The normalized spacial score (nSPS) is 22.0. The maximum Gasteiger partial charge on any atom is 0.247 e. The Bertz CT molecular complexity index is 1130. The standard InChI is InChI=1S/C22H24F3N5O/c1-13-22(31)26-19-18(24)14(10-15-16(23)12-30(13)20(15)19)11-28-6-8-29(9-7-28)17-4-3-5-27(2)21(17)25/h3-4,10,12-13H,5-9,11H2,1-2H3,(H,26,31). The fourth-order valence-corrected chi connectivity index (χ4v) is 4.59. The Morgan fingerprint density at radius 3 is 2.65 bits per heavy atom. The minimum atomic E-state index is -0.597. The summed E-state index contributed by atoms with van der Waals surface area (Å²) in [5.74, 6) is -1.60. The lowest BCUT2D eigenvalue weighted by atomic mass is 10.1. The van der Waals surface area contributed by atoms with Gasteiger partial charge in [-0.15, -0.1) is 0 Å². The van der Waals surface area contributed by atoms with Gasteiger partial charge in [0.15, 0.2) is 5.82 Å². The first kappa shape index (κ1) is 20.0. The van der Waals surface area contributed by atoms with Crippen LogP contribution in [0, 0.1) is 11.6 Å². The number of nitrogens with one attached hydrogen (secondary N) is 1. The van der Waals surface area contributed by atoms with Gasteiger partial charge in [0.2, 0.25) is 11.9 Å². The molecule has 6 nitrogen and oxygen atoms in total. The van der Waals surface area contributed by atoms with E-state index >= 15 is 4.39 Å². The highest BCUT2D eigenvalue weighted by molar-refractivity contribution is 6.06. The van der Waals surface area contributed by atoms with Crippen LogP contribution >= 0.6 is 0 Å². The van der Waals surface area contributed by atoms with Crippen molar-refractivity contribution in [2.75, 3.05) is 45.1 Å². The minimum absolute atomic E-state index is 0.0424. The van der Waals surface area contributed by atoms with E-state index in [1.54, 1.807) is 24.9 Å². The van der Waals surface area contributed by atoms with Gasteiger partial charge >= 0.3 is 0 Å². The van der Waals surface area contributed by atoms with Crippen LogP contribution in [-0.4, -0.2) is 64.9 Å². The van der Waals surface area contributed by atoms with Crippen LogP contribution in [0.25, 0.3) is 10.9 Å². The summed E-state index contributed by atoms with van der Waals surface area (Å²) in [5, 5.41) is 2.91. The summed E-state index contributed by atoms with van der Waals surface area (Å²) in [6.45, 7) is 4.94. The van der Waals surface area contributed by atoms with Gasteiger partial charge < -0.3 is 19.7 Å². The van der Waals surface area contributed by atoms with E-state index in [9.17, 15) is 13.6 Å². The third-order valence-corrected chi connectivity index (χ3v) is 6.43. The number of allylic oxidation sites excluding steroid dienone is 1. The molecule has 0 bridgehead atoms. The van der Waals surface area contributed by atoms with Crippen molar-refractivity contribution < 1.29 is 18.0 Å². The summed E-state index contributed by atoms with van der Waals surface area (Å²) in [6.07, 6.45) is 4.99. The minimum Gasteiger partial charge on any atom is -0.365 e. The molecule has 1 fully saturated rings. The maximum atomic E-state index is 15.3. The van der Waals surface area contributed by atoms with E-state index in [-0.39, 0.29) is 24.1 Å². The number of piperazine rings is 1. The Morgan fingerprint density at radius 1 is 1.16 bits per heavy atom. The molecule has 1 N–H and O–H groups in total. The summed E-state index contributed by atoms with van der Waals surface area (Å²) in [6, 6.07) is 0.942. The second-order valence-corrected chi connectivity index (χ2v) is 8.39. The van der Waals surface area contributed by atoms with Gasteiger partial charge in [-0.05, 0) is 19.1 Å². The van der Waals surface area contributed by atoms with Crippen molar-refractivity contribution in [2.24, 2.45) is 0 Å². The molecular formula is C22H24F3N5O. The SMILES string of the molecule is CC1C(=O)Nc2c(F)c(CN3CCN(C4=C(F)N(C)CC=C4)CC3)cc3c(F)cn1c23. The highest BCUT2D eigenvalue weighted by Gasteiger charge is 2.31. The van der Waals surface area contributed by atoms with E-state index in [1.165, 1.54) is 16.8 Å². The van der Waals surface area contributed by atoms with Crippen molar-refractivity contribution in [1.29, 1.82) is 0 Å². The van der Waals surface area contributed by atoms with Gasteiger partial charge in [0, 0.05) is 63.5 Å². The van der Waals surface area contributed by atoms with E-state index < -0.39 is 17.7 Å². The van der Waals surface area contributed by atoms with Gasteiger partial charge in [-0.1, -0.05) is 6.08 Å².